The Morgan fingerprint density at radius 3 is 2.71 bits per heavy atom. The molecule has 1 aromatic carbocycles. The van der Waals surface area contributed by atoms with Crippen molar-refractivity contribution in [3.63, 3.8) is 0 Å². The Balaban J connectivity index is 1.16. The molecule has 2 amide bonds. The van der Waals surface area contributed by atoms with E-state index in [0.717, 1.165) is 64.9 Å². The van der Waals surface area contributed by atoms with Crippen molar-refractivity contribution in [1.82, 2.24) is 15.3 Å². The molecule has 3 atom stereocenters. The summed E-state index contributed by atoms with van der Waals surface area (Å²) in [6.45, 7) is 2.00. The van der Waals surface area contributed by atoms with Crippen molar-refractivity contribution < 1.29 is 18.7 Å². The van der Waals surface area contributed by atoms with Gasteiger partial charge in [-0.25, -0.2) is 9.18 Å². The highest BCUT2D eigenvalue weighted by Gasteiger charge is 2.31. The van der Waals surface area contributed by atoms with Gasteiger partial charge in [0.2, 0.25) is 0 Å². The van der Waals surface area contributed by atoms with Crippen LogP contribution >= 0.6 is 11.3 Å². The predicted molar refractivity (Wildman–Crippen MR) is 158 cm³/mol. The second kappa shape index (κ2) is 11.5. The minimum atomic E-state index is -0.583. The predicted octanol–water partition coefficient (Wildman–Crippen LogP) is 6.45. The van der Waals surface area contributed by atoms with Crippen LogP contribution in [0, 0.1) is 17.7 Å². The van der Waals surface area contributed by atoms with Crippen LogP contribution in [0.25, 0.3) is 20.8 Å². The van der Waals surface area contributed by atoms with E-state index < -0.39 is 5.82 Å². The second-order valence-corrected chi connectivity index (χ2v) is 12.1. The van der Waals surface area contributed by atoms with Gasteiger partial charge < -0.3 is 21.1 Å². The van der Waals surface area contributed by atoms with E-state index in [-0.39, 0.29) is 41.5 Å². The van der Waals surface area contributed by atoms with Crippen LogP contribution in [0.5, 0.6) is 11.5 Å². The normalized spacial score (nSPS) is 21.0. The monoisotopic (exact) mass is 573 g/mol. The largest absolute Gasteiger partial charge is 0.453 e. The molecule has 0 aliphatic heterocycles. The summed E-state index contributed by atoms with van der Waals surface area (Å²) in [6, 6.07) is 11.6. The zero-order valence-electron chi connectivity index (χ0n) is 22.7. The van der Waals surface area contributed by atoms with Gasteiger partial charge in [0.05, 0.1) is 26.8 Å². The molecule has 6 rings (SSSR count). The molecule has 3 heterocycles. The summed E-state index contributed by atoms with van der Waals surface area (Å²) in [7, 11) is 0. The van der Waals surface area contributed by atoms with Gasteiger partial charge >= 0.3 is 6.03 Å². The zero-order chi connectivity index (χ0) is 28.5. The molecule has 0 bridgehead atoms. The number of carbonyl (C=O) groups is 2. The standard InChI is InChI=1S/C31H32FN5O3S/c1-17-19(3-2-4-23(33)29(17)38)13-18-5-9-24(35-16-18)28-15-25-30(41-28)27(11-12-34-25)40-26-10-8-21(14-22(26)32)37-31(39)36-20-6-7-20/h5,8-12,14-17,19-20,23H,2-4,6-7,13,33H2,1H3,(H2,36,37,39). The number of Topliss-reactive ketones (excluding diaryl/α,β-unsaturated/α-hetero) is 1. The van der Waals surface area contributed by atoms with E-state index in [0.29, 0.717) is 11.4 Å². The van der Waals surface area contributed by atoms with Gasteiger partial charge in [-0.05, 0) is 67.9 Å². The molecule has 0 radical (unpaired) electrons. The highest BCUT2D eigenvalue weighted by Crippen LogP contribution is 2.39. The van der Waals surface area contributed by atoms with Crippen LogP contribution in [0.2, 0.25) is 0 Å². The summed E-state index contributed by atoms with van der Waals surface area (Å²) in [5.41, 5.74) is 9.01. The van der Waals surface area contributed by atoms with Crippen LogP contribution < -0.4 is 21.1 Å². The van der Waals surface area contributed by atoms with E-state index >= 15 is 0 Å². The number of hydrogen-bond acceptors (Lipinski definition) is 7. The van der Waals surface area contributed by atoms with Crippen molar-refractivity contribution in [2.75, 3.05) is 5.32 Å². The number of urea groups is 1. The minimum Gasteiger partial charge on any atom is -0.453 e. The number of fused-ring (bicyclic) bond motifs is 1. The molecule has 10 heteroatoms. The van der Waals surface area contributed by atoms with Crippen molar-refractivity contribution in [3.8, 4) is 22.1 Å². The van der Waals surface area contributed by atoms with Gasteiger partial charge in [0.15, 0.2) is 17.3 Å². The highest BCUT2D eigenvalue weighted by molar-refractivity contribution is 7.22. The summed E-state index contributed by atoms with van der Waals surface area (Å²) >= 11 is 1.47. The molecule has 8 nitrogen and oxygen atoms in total. The molecule has 4 N–H and O–H groups in total. The Bertz CT molecular complexity index is 1590. The summed E-state index contributed by atoms with van der Waals surface area (Å²) in [5, 5.41) is 5.46. The van der Waals surface area contributed by atoms with Gasteiger partial charge in [-0.15, -0.1) is 11.3 Å². The Kier molecular flexibility index (Phi) is 7.68. The fraction of sp³-hybridized carbons (Fsp3) is 0.355. The number of nitrogens with one attached hydrogen (secondary N) is 2. The number of pyridine rings is 2. The first-order chi connectivity index (χ1) is 19.8. The molecular weight excluding hydrogens is 541 g/mol. The smallest absolute Gasteiger partial charge is 0.319 e. The lowest BCUT2D eigenvalue weighted by Gasteiger charge is -2.21. The van der Waals surface area contributed by atoms with Gasteiger partial charge in [-0.3, -0.25) is 14.8 Å². The molecule has 0 spiro atoms. The van der Waals surface area contributed by atoms with E-state index in [2.05, 4.69) is 21.7 Å². The fourth-order valence-corrected chi connectivity index (χ4v) is 6.36. The maximum Gasteiger partial charge on any atom is 0.319 e. The average Bonchev–Trinajstić information content (AvgIpc) is 3.68. The number of thiophene rings is 1. The molecule has 41 heavy (non-hydrogen) atoms. The minimum absolute atomic E-state index is 0.0512. The van der Waals surface area contributed by atoms with Gasteiger partial charge in [-0.1, -0.05) is 19.4 Å². The van der Waals surface area contributed by atoms with Gasteiger partial charge in [0, 0.05) is 42.2 Å². The highest BCUT2D eigenvalue weighted by atomic mass is 32.1. The molecule has 3 aromatic heterocycles. The van der Waals surface area contributed by atoms with Crippen LogP contribution in [-0.2, 0) is 11.2 Å². The van der Waals surface area contributed by atoms with Crippen LogP contribution in [0.4, 0.5) is 14.9 Å². The number of nitrogens with zero attached hydrogens (tertiary/aromatic N) is 2. The number of ketones is 1. The van der Waals surface area contributed by atoms with Gasteiger partial charge in [-0.2, -0.15) is 0 Å². The van der Waals surface area contributed by atoms with Gasteiger partial charge in [0.1, 0.15) is 5.75 Å². The lowest BCUT2D eigenvalue weighted by atomic mass is 9.84. The molecule has 2 aliphatic carbocycles. The zero-order valence-corrected chi connectivity index (χ0v) is 23.5. The number of rotatable bonds is 7. The molecule has 0 saturated heterocycles. The quantitative estimate of drug-likeness (QED) is 0.219. The van der Waals surface area contributed by atoms with Crippen molar-refractivity contribution >= 4 is 39.1 Å². The third-order valence-corrected chi connectivity index (χ3v) is 9.05. The van der Waals surface area contributed by atoms with Crippen LogP contribution in [-0.4, -0.2) is 33.9 Å². The molecule has 2 fully saturated rings. The molecule has 3 unspecified atom stereocenters. The van der Waals surface area contributed by atoms with Crippen molar-refractivity contribution in [2.45, 2.75) is 57.5 Å². The topological polar surface area (TPSA) is 119 Å². The molecular formula is C31H32FN5O3S. The number of anilines is 1. The first kappa shape index (κ1) is 27.3. The molecule has 2 saturated carbocycles. The molecule has 4 aromatic rings. The number of hydrogen-bond donors (Lipinski definition) is 3. The Morgan fingerprint density at radius 2 is 1.95 bits per heavy atom. The summed E-state index contributed by atoms with van der Waals surface area (Å²) < 4.78 is 21.6. The summed E-state index contributed by atoms with van der Waals surface area (Å²) in [5.74, 6) is 0.330. The van der Waals surface area contributed by atoms with E-state index in [1.54, 1.807) is 18.3 Å². The Hall–Kier alpha value is -3.89. The van der Waals surface area contributed by atoms with Crippen molar-refractivity contribution in [1.29, 1.82) is 0 Å². The SMILES string of the molecule is CC1C(=O)C(N)CCCC1Cc1ccc(-c2cc3nccc(Oc4ccc(NC(=O)NC5CC5)cc4F)c3s2)nc1. The van der Waals surface area contributed by atoms with Crippen LogP contribution in [0.3, 0.4) is 0 Å². The van der Waals surface area contributed by atoms with E-state index in [9.17, 15) is 14.0 Å². The summed E-state index contributed by atoms with van der Waals surface area (Å²) in [4.78, 5) is 34.6. The van der Waals surface area contributed by atoms with Crippen LogP contribution in [0.15, 0.2) is 54.9 Å². The van der Waals surface area contributed by atoms with Gasteiger partial charge in [0.25, 0.3) is 0 Å². The number of aromatic nitrogens is 2. The molecule has 2 aliphatic rings. The third-order valence-electron chi connectivity index (χ3n) is 7.88. The lowest BCUT2D eigenvalue weighted by molar-refractivity contribution is -0.124. The second-order valence-electron chi connectivity index (χ2n) is 11.0. The van der Waals surface area contributed by atoms with E-state index in [4.69, 9.17) is 15.5 Å². The molecule has 212 valence electrons. The van der Waals surface area contributed by atoms with Crippen molar-refractivity contribution in [3.05, 3.63) is 66.2 Å². The first-order valence-corrected chi connectivity index (χ1v) is 14.8. The fourth-order valence-electron chi connectivity index (χ4n) is 5.32. The van der Waals surface area contributed by atoms with E-state index in [1.165, 1.54) is 23.5 Å². The number of nitrogens with two attached hydrogens (primary N) is 1. The lowest BCUT2D eigenvalue weighted by Crippen LogP contribution is -2.35. The number of ether oxygens (including phenoxy) is 1. The number of benzene rings is 1. The Morgan fingerprint density at radius 1 is 1.10 bits per heavy atom. The van der Waals surface area contributed by atoms with Crippen LogP contribution in [0.1, 0.15) is 44.6 Å². The maximum absolute atomic E-state index is 14.9. The number of carbonyl (C=O) groups excluding carboxylic acids is 2. The average molecular weight is 574 g/mol. The third kappa shape index (κ3) is 6.23. The first-order valence-electron chi connectivity index (χ1n) is 14.0. The maximum atomic E-state index is 14.9. The summed E-state index contributed by atoms with van der Waals surface area (Å²) in [6.07, 6.45) is 8.96. The Labute approximate surface area is 241 Å². The van der Waals surface area contributed by atoms with Crippen molar-refractivity contribution in [2.24, 2.45) is 17.6 Å². The number of halogens is 1. The number of amides is 2. The van der Waals surface area contributed by atoms with E-state index in [1.807, 2.05) is 25.3 Å².